The molecule has 3 aromatic rings. The molecule has 2 N–H and O–H groups in total. The maximum Gasteiger partial charge on any atom is 0.271 e. The summed E-state index contributed by atoms with van der Waals surface area (Å²) < 4.78 is 8.06. The summed E-state index contributed by atoms with van der Waals surface area (Å²) in [4.78, 5) is 41.3. The third-order valence-electron chi connectivity index (χ3n) is 6.53. The van der Waals surface area contributed by atoms with Gasteiger partial charge < -0.3 is 14.6 Å². The van der Waals surface area contributed by atoms with Crippen molar-refractivity contribution in [2.24, 2.45) is 7.05 Å². The number of carbonyl (C=O) groups is 3. The number of rotatable bonds is 4. The van der Waals surface area contributed by atoms with Crippen molar-refractivity contribution < 1.29 is 19.1 Å². The molecule has 3 amide bonds. The van der Waals surface area contributed by atoms with Crippen molar-refractivity contribution in [3.05, 3.63) is 47.4 Å². The molecule has 1 unspecified atom stereocenters. The number of likely N-dealkylation sites (tertiary alicyclic amines) is 1. The number of aromatic nitrogens is 3. The lowest BCUT2D eigenvalue weighted by molar-refractivity contribution is -0.134. The van der Waals surface area contributed by atoms with Crippen molar-refractivity contribution in [1.82, 2.24) is 25.0 Å². The highest BCUT2D eigenvalue weighted by Gasteiger charge is 2.33. The molecule has 1 aromatic carbocycles. The van der Waals surface area contributed by atoms with E-state index >= 15 is 0 Å². The number of hydrogen-bond donors (Lipinski definition) is 2. The van der Waals surface area contributed by atoms with Gasteiger partial charge in [-0.3, -0.25) is 24.4 Å². The number of fused-ring (bicyclic) bond motifs is 1. The molecule has 0 bridgehead atoms. The summed E-state index contributed by atoms with van der Waals surface area (Å²) in [5.74, 6) is -0.552. The van der Waals surface area contributed by atoms with Crippen LogP contribution in [0.5, 0.6) is 5.75 Å². The van der Waals surface area contributed by atoms with E-state index < -0.39 is 5.92 Å². The van der Waals surface area contributed by atoms with Gasteiger partial charge in [0.25, 0.3) is 5.91 Å². The average Bonchev–Trinajstić information content (AvgIpc) is 3.44. The lowest BCUT2D eigenvalue weighted by Gasteiger charge is -2.32. The van der Waals surface area contributed by atoms with Crippen LogP contribution in [0, 0.1) is 11.3 Å². The molecule has 0 spiro atoms. The molecule has 0 saturated carbocycles. The van der Waals surface area contributed by atoms with Gasteiger partial charge in [0.1, 0.15) is 29.1 Å². The normalized spacial score (nSPS) is 19.2. The minimum Gasteiger partial charge on any atom is -0.488 e. The van der Waals surface area contributed by atoms with Crippen molar-refractivity contribution in [2.45, 2.75) is 37.7 Å². The Morgan fingerprint density at radius 1 is 1.21 bits per heavy atom. The maximum absolute atomic E-state index is 12.8. The van der Waals surface area contributed by atoms with Gasteiger partial charge in [-0.05, 0) is 18.6 Å². The molecule has 10 heteroatoms. The van der Waals surface area contributed by atoms with E-state index in [1.54, 1.807) is 21.8 Å². The van der Waals surface area contributed by atoms with Crippen molar-refractivity contribution >= 4 is 28.6 Å². The van der Waals surface area contributed by atoms with Crippen molar-refractivity contribution in [3.8, 4) is 11.8 Å². The summed E-state index contributed by atoms with van der Waals surface area (Å²) in [5.41, 5.74) is 2.11. The number of amides is 3. The predicted molar refractivity (Wildman–Crippen MR) is 121 cm³/mol. The predicted octanol–water partition coefficient (Wildman–Crippen LogP) is 1.98. The van der Waals surface area contributed by atoms with Crippen LogP contribution in [-0.4, -0.2) is 56.6 Å². The largest absolute Gasteiger partial charge is 0.488 e. The molecule has 2 fully saturated rings. The topological polar surface area (TPSA) is 133 Å². The number of aromatic amines is 1. The Morgan fingerprint density at radius 2 is 2.00 bits per heavy atom. The zero-order chi connectivity index (χ0) is 23.8. The Balaban J connectivity index is 1.31. The van der Waals surface area contributed by atoms with E-state index in [0.717, 1.165) is 10.9 Å². The number of benzene rings is 1. The smallest absolute Gasteiger partial charge is 0.271 e. The van der Waals surface area contributed by atoms with Crippen LogP contribution in [0.3, 0.4) is 0 Å². The average molecular weight is 460 g/mol. The Morgan fingerprint density at radius 3 is 2.74 bits per heavy atom. The third-order valence-corrected chi connectivity index (χ3v) is 6.53. The zero-order valence-corrected chi connectivity index (χ0v) is 18.7. The van der Waals surface area contributed by atoms with Crippen LogP contribution >= 0.6 is 0 Å². The van der Waals surface area contributed by atoms with Gasteiger partial charge in [-0.15, -0.1) is 0 Å². The zero-order valence-electron chi connectivity index (χ0n) is 18.7. The summed E-state index contributed by atoms with van der Waals surface area (Å²) in [7, 11) is 1.81. The fourth-order valence-corrected chi connectivity index (χ4v) is 4.79. The van der Waals surface area contributed by atoms with Crippen LogP contribution in [0.25, 0.3) is 10.9 Å². The molecule has 10 nitrogen and oxygen atoms in total. The van der Waals surface area contributed by atoms with Gasteiger partial charge in [-0.25, -0.2) is 0 Å². The second-order valence-corrected chi connectivity index (χ2v) is 8.65. The van der Waals surface area contributed by atoms with Crippen LogP contribution in [-0.2, 0) is 16.6 Å². The molecular weight excluding hydrogens is 436 g/mol. The fourth-order valence-electron chi connectivity index (χ4n) is 4.79. The summed E-state index contributed by atoms with van der Waals surface area (Å²) in [6.45, 7) is 1.05. The first-order valence-corrected chi connectivity index (χ1v) is 11.3. The third kappa shape index (κ3) is 3.79. The van der Waals surface area contributed by atoms with Crippen LogP contribution < -0.4 is 10.1 Å². The van der Waals surface area contributed by atoms with E-state index in [1.807, 2.05) is 31.3 Å². The molecule has 2 aliphatic heterocycles. The Bertz CT molecular complexity index is 1320. The first-order valence-electron chi connectivity index (χ1n) is 11.3. The number of imide groups is 1. The van der Waals surface area contributed by atoms with E-state index in [-0.39, 0.29) is 23.8 Å². The van der Waals surface area contributed by atoms with Crippen molar-refractivity contribution in [1.29, 1.82) is 5.26 Å². The molecule has 0 radical (unpaired) electrons. The minimum atomic E-state index is -0.475. The van der Waals surface area contributed by atoms with Crippen LogP contribution in [0.15, 0.2) is 30.5 Å². The summed E-state index contributed by atoms with van der Waals surface area (Å²) in [6.07, 6.45) is 3.55. The van der Waals surface area contributed by atoms with Gasteiger partial charge in [-0.1, -0.05) is 12.1 Å². The molecule has 1 atom stereocenters. The van der Waals surface area contributed by atoms with E-state index in [1.165, 1.54) is 0 Å². The number of nitriles is 1. The Kier molecular flexibility index (Phi) is 5.53. The first kappa shape index (κ1) is 21.7. The summed E-state index contributed by atoms with van der Waals surface area (Å²) in [6, 6.07) is 9.31. The highest BCUT2D eigenvalue weighted by Crippen LogP contribution is 2.35. The second kappa shape index (κ2) is 8.67. The number of aryl methyl sites for hydroxylation is 1. The molecule has 34 heavy (non-hydrogen) atoms. The molecule has 0 aliphatic carbocycles. The lowest BCUT2D eigenvalue weighted by atomic mass is 9.93. The van der Waals surface area contributed by atoms with E-state index in [0.29, 0.717) is 61.5 Å². The van der Waals surface area contributed by atoms with Gasteiger partial charge in [0.05, 0.1) is 17.2 Å². The number of H-pyrrole nitrogens is 1. The second-order valence-electron chi connectivity index (χ2n) is 8.65. The van der Waals surface area contributed by atoms with Crippen molar-refractivity contribution in [2.75, 3.05) is 13.1 Å². The maximum atomic E-state index is 12.8. The number of nitrogens with one attached hydrogen (secondary N) is 2. The van der Waals surface area contributed by atoms with Crippen molar-refractivity contribution in [3.63, 3.8) is 0 Å². The molecule has 5 rings (SSSR count). The number of nitrogens with zero attached hydrogens (tertiary/aromatic N) is 4. The van der Waals surface area contributed by atoms with E-state index in [2.05, 4.69) is 15.4 Å². The number of piperidine rings is 2. The highest BCUT2D eigenvalue weighted by molar-refractivity contribution is 6.03. The van der Waals surface area contributed by atoms with E-state index in [9.17, 15) is 19.6 Å². The van der Waals surface area contributed by atoms with Gasteiger partial charge in [-0.2, -0.15) is 10.4 Å². The number of hydrogen-bond acceptors (Lipinski definition) is 6. The van der Waals surface area contributed by atoms with Gasteiger partial charge >= 0.3 is 0 Å². The fraction of sp³-hybridized carbons (Fsp3) is 0.375. The molecule has 4 heterocycles. The molecule has 2 saturated heterocycles. The van der Waals surface area contributed by atoms with Gasteiger partial charge in [0.15, 0.2) is 0 Å². The monoisotopic (exact) mass is 460 g/mol. The SMILES string of the molecule is Cn1nc(C2CCC(=O)NC2=O)c2cccc(OC3CCN(C(=O)c4[nH]ccc4C#N)CC3)c21. The standard InChI is InChI=1S/C24H24N6O4/c1-29-22-16(21(28-29)17-5-6-19(31)27-23(17)32)3-2-4-18(22)34-15-8-11-30(12-9-15)24(33)20-14(13-25)7-10-26-20/h2-4,7,10,15,17,26H,5-6,8-9,11-12H2,1H3,(H,27,31,32). The molecule has 2 aliphatic rings. The summed E-state index contributed by atoms with van der Waals surface area (Å²) in [5, 5.41) is 17.0. The van der Waals surface area contributed by atoms with Crippen LogP contribution in [0.1, 0.15) is 53.3 Å². The lowest BCUT2D eigenvalue weighted by Crippen LogP contribution is -2.42. The molecule has 2 aromatic heterocycles. The van der Waals surface area contributed by atoms with Gasteiger partial charge in [0, 0.05) is 51.0 Å². The number of para-hydroxylation sites is 1. The minimum absolute atomic E-state index is 0.0809. The number of ether oxygens (including phenoxy) is 1. The quantitative estimate of drug-likeness (QED) is 0.572. The van der Waals surface area contributed by atoms with Crippen LogP contribution in [0.4, 0.5) is 0 Å². The Hall–Kier alpha value is -4.13. The molecule has 174 valence electrons. The number of carbonyl (C=O) groups excluding carboxylic acids is 3. The van der Waals surface area contributed by atoms with E-state index in [4.69, 9.17) is 4.74 Å². The Labute approximate surface area is 195 Å². The first-order chi connectivity index (χ1) is 16.5. The van der Waals surface area contributed by atoms with Crippen LogP contribution in [0.2, 0.25) is 0 Å². The van der Waals surface area contributed by atoms with Gasteiger partial charge in [0.2, 0.25) is 11.8 Å². The summed E-state index contributed by atoms with van der Waals surface area (Å²) >= 11 is 0. The molecular formula is C24H24N6O4. The highest BCUT2D eigenvalue weighted by atomic mass is 16.5.